The number of hydrogen-bond donors (Lipinski definition) is 2. The Morgan fingerprint density at radius 1 is 1.58 bits per heavy atom. The zero-order chi connectivity index (χ0) is 8.43. The Hall–Kier alpha value is -1.00. The van der Waals surface area contributed by atoms with E-state index in [4.69, 9.17) is 22.4 Å². The molecule has 0 radical (unpaired) electrons. The fraction of sp³-hybridized carbons (Fsp3) is 0. The number of nitrogen functional groups attached to an aromatic ring is 1. The van der Waals surface area contributed by atoms with E-state index in [9.17, 15) is 4.79 Å². The SMILES string of the molecule is Cl.Nc1c(Cl)cncc1C(=O)O. The van der Waals surface area contributed by atoms with Gasteiger partial charge in [0, 0.05) is 12.4 Å². The predicted octanol–water partition coefficient (Wildman–Crippen LogP) is 1.44. The van der Waals surface area contributed by atoms with Crippen LogP contribution in [-0.4, -0.2) is 16.1 Å². The second kappa shape index (κ2) is 4.13. The van der Waals surface area contributed by atoms with E-state index >= 15 is 0 Å². The minimum Gasteiger partial charge on any atom is -0.478 e. The quantitative estimate of drug-likeness (QED) is 0.733. The van der Waals surface area contributed by atoms with Gasteiger partial charge in [0.1, 0.15) is 5.56 Å². The number of pyridine rings is 1. The van der Waals surface area contributed by atoms with E-state index in [1.807, 2.05) is 0 Å². The van der Waals surface area contributed by atoms with Crippen molar-refractivity contribution in [1.82, 2.24) is 4.98 Å². The largest absolute Gasteiger partial charge is 0.478 e. The minimum absolute atomic E-state index is 0. The number of carbonyl (C=O) groups is 1. The third-order valence-electron chi connectivity index (χ3n) is 1.17. The Bertz CT molecular complexity index is 304. The number of halogens is 2. The first-order valence-corrected chi connectivity index (χ1v) is 3.13. The average molecular weight is 209 g/mol. The molecule has 0 unspecified atom stereocenters. The Morgan fingerprint density at radius 3 is 2.58 bits per heavy atom. The van der Waals surface area contributed by atoms with Gasteiger partial charge < -0.3 is 10.8 Å². The van der Waals surface area contributed by atoms with Crippen molar-refractivity contribution in [2.24, 2.45) is 0 Å². The molecule has 0 aliphatic carbocycles. The highest BCUT2D eigenvalue weighted by atomic mass is 35.5. The van der Waals surface area contributed by atoms with E-state index in [2.05, 4.69) is 4.98 Å². The van der Waals surface area contributed by atoms with E-state index in [0.717, 1.165) is 6.20 Å². The van der Waals surface area contributed by atoms with Gasteiger partial charge in [-0.1, -0.05) is 11.6 Å². The number of anilines is 1. The molecule has 0 aliphatic rings. The van der Waals surface area contributed by atoms with Gasteiger partial charge >= 0.3 is 5.97 Å². The van der Waals surface area contributed by atoms with Crippen LogP contribution in [0.15, 0.2) is 12.4 Å². The molecule has 0 fully saturated rings. The summed E-state index contributed by atoms with van der Waals surface area (Å²) in [4.78, 5) is 14.0. The zero-order valence-corrected chi connectivity index (χ0v) is 7.39. The fourth-order valence-electron chi connectivity index (χ4n) is 0.615. The normalized spacial score (nSPS) is 8.75. The second-order valence-electron chi connectivity index (χ2n) is 1.89. The van der Waals surface area contributed by atoms with Crippen LogP contribution in [0.4, 0.5) is 5.69 Å². The summed E-state index contributed by atoms with van der Waals surface area (Å²) in [6.07, 6.45) is 2.45. The monoisotopic (exact) mass is 208 g/mol. The molecule has 66 valence electrons. The molecule has 1 aromatic rings. The van der Waals surface area contributed by atoms with Gasteiger partial charge in [0.05, 0.1) is 10.7 Å². The predicted molar refractivity (Wildman–Crippen MR) is 47.9 cm³/mol. The van der Waals surface area contributed by atoms with Gasteiger partial charge in [-0.25, -0.2) is 4.79 Å². The lowest BCUT2D eigenvalue weighted by Gasteiger charge is -1.99. The van der Waals surface area contributed by atoms with Crippen LogP contribution in [0.3, 0.4) is 0 Å². The number of nitrogens with zero attached hydrogens (tertiary/aromatic N) is 1. The van der Waals surface area contributed by atoms with Crippen LogP contribution in [0.2, 0.25) is 5.02 Å². The summed E-state index contributed by atoms with van der Waals surface area (Å²) in [7, 11) is 0. The number of aromatic nitrogens is 1. The van der Waals surface area contributed by atoms with Crippen molar-refractivity contribution in [2.45, 2.75) is 0 Å². The van der Waals surface area contributed by atoms with Crippen LogP contribution in [-0.2, 0) is 0 Å². The smallest absolute Gasteiger partial charge is 0.339 e. The summed E-state index contributed by atoms with van der Waals surface area (Å²) in [5, 5.41) is 8.67. The fourth-order valence-corrected chi connectivity index (χ4v) is 0.774. The van der Waals surface area contributed by atoms with Crippen molar-refractivity contribution < 1.29 is 9.90 Å². The summed E-state index contributed by atoms with van der Waals surface area (Å²) in [6.45, 7) is 0. The van der Waals surface area contributed by atoms with Gasteiger partial charge in [0.2, 0.25) is 0 Å². The first-order chi connectivity index (χ1) is 5.13. The first kappa shape index (κ1) is 11.0. The van der Waals surface area contributed by atoms with E-state index in [1.165, 1.54) is 6.20 Å². The van der Waals surface area contributed by atoms with Crippen LogP contribution >= 0.6 is 24.0 Å². The lowest BCUT2D eigenvalue weighted by molar-refractivity contribution is 0.0697. The Kier molecular flexibility index (Phi) is 3.79. The van der Waals surface area contributed by atoms with E-state index < -0.39 is 5.97 Å². The van der Waals surface area contributed by atoms with Crippen molar-refractivity contribution >= 4 is 35.7 Å². The Labute approximate surface area is 79.8 Å². The molecular weight excluding hydrogens is 203 g/mol. The molecule has 3 N–H and O–H groups in total. The maximum Gasteiger partial charge on any atom is 0.339 e. The van der Waals surface area contributed by atoms with E-state index in [-0.39, 0.29) is 28.7 Å². The molecule has 0 aliphatic heterocycles. The zero-order valence-electron chi connectivity index (χ0n) is 5.82. The highest BCUT2D eigenvalue weighted by molar-refractivity contribution is 6.33. The first-order valence-electron chi connectivity index (χ1n) is 2.75. The molecule has 4 nitrogen and oxygen atoms in total. The van der Waals surface area contributed by atoms with Crippen molar-refractivity contribution in [3.8, 4) is 0 Å². The molecular formula is C6H6Cl2N2O2. The van der Waals surface area contributed by atoms with Gasteiger partial charge in [-0.05, 0) is 0 Å². The standard InChI is InChI=1S/C6H5ClN2O2.ClH/c7-4-2-9-1-3(5(4)8)6(10)11;/h1-2H,(H2,8,9)(H,10,11);1H. The van der Waals surface area contributed by atoms with Crippen LogP contribution in [0.1, 0.15) is 10.4 Å². The Balaban J connectivity index is 0.00000121. The number of aromatic carboxylic acids is 1. The highest BCUT2D eigenvalue weighted by Gasteiger charge is 2.09. The molecule has 1 heterocycles. The third kappa shape index (κ3) is 1.99. The lowest BCUT2D eigenvalue weighted by Crippen LogP contribution is -2.03. The maximum absolute atomic E-state index is 10.4. The Morgan fingerprint density at radius 2 is 2.17 bits per heavy atom. The summed E-state index contributed by atoms with van der Waals surface area (Å²) in [5.74, 6) is -1.13. The molecule has 6 heteroatoms. The molecule has 0 saturated heterocycles. The van der Waals surface area contributed by atoms with E-state index in [0.29, 0.717) is 0 Å². The molecule has 0 bridgehead atoms. The number of nitrogens with two attached hydrogens (primary N) is 1. The summed E-state index contributed by atoms with van der Waals surface area (Å²) < 4.78 is 0. The molecule has 0 atom stereocenters. The minimum atomic E-state index is -1.13. The third-order valence-corrected chi connectivity index (χ3v) is 1.47. The number of hydrogen-bond acceptors (Lipinski definition) is 3. The molecule has 0 amide bonds. The van der Waals surface area contributed by atoms with Crippen LogP contribution in [0.25, 0.3) is 0 Å². The van der Waals surface area contributed by atoms with Crippen LogP contribution < -0.4 is 5.73 Å². The van der Waals surface area contributed by atoms with E-state index in [1.54, 1.807) is 0 Å². The molecule has 0 aromatic carbocycles. The van der Waals surface area contributed by atoms with Crippen LogP contribution in [0, 0.1) is 0 Å². The summed E-state index contributed by atoms with van der Waals surface area (Å²) >= 11 is 5.51. The average Bonchev–Trinajstić information content (AvgIpc) is 1.94. The molecule has 1 aromatic heterocycles. The molecule has 0 saturated carbocycles. The molecule has 12 heavy (non-hydrogen) atoms. The van der Waals surface area contributed by atoms with Gasteiger partial charge in [-0.15, -0.1) is 12.4 Å². The van der Waals surface area contributed by atoms with Gasteiger partial charge in [-0.2, -0.15) is 0 Å². The lowest BCUT2D eigenvalue weighted by atomic mass is 10.2. The van der Waals surface area contributed by atoms with Crippen molar-refractivity contribution in [3.05, 3.63) is 23.0 Å². The summed E-state index contributed by atoms with van der Waals surface area (Å²) in [6, 6.07) is 0. The van der Waals surface area contributed by atoms with Crippen molar-refractivity contribution in [3.63, 3.8) is 0 Å². The topological polar surface area (TPSA) is 76.2 Å². The van der Waals surface area contributed by atoms with Gasteiger partial charge in [-0.3, -0.25) is 4.98 Å². The van der Waals surface area contributed by atoms with Crippen molar-refractivity contribution in [1.29, 1.82) is 0 Å². The number of rotatable bonds is 1. The van der Waals surface area contributed by atoms with Crippen molar-refractivity contribution in [2.75, 3.05) is 5.73 Å². The number of carboxylic acids is 1. The molecule has 0 spiro atoms. The molecule has 1 rings (SSSR count). The maximum atomic E-state index is 10.4. The highest BCUT2D eigenvalue weighted by Crippen LogP contribution is 2.20. The number of carboxylic acid groups (broad SMARTS) is 1. The second-order valence-corrected chi connectivity index (χ2v) is 2.29. The van der Waals surface area contributed by atoms with Gasteiger partial charge in [0.25, 0.3) is 0 Å². The van der Waals surface area contributed by atoms with Crippen LogP contribution in [0.5, 0.6) is 0 Å². The van der Waals surface area contributed by atoms with Gasteiger partial charge in [0.15, 0.2) is 0 Å². The summed E-state index contributed by atoms with van der Waals surface area (Å²) in [5.41, 5.74) is 5.31.